The first-order valence-corrected chi connectivity index (χ1v) is 23.6. The number of hydrogen-bond acceptors (Lipinski definition) is 9. The monoisotopic (exact) mass is 908 g/mol. The molecule has 4 aliphatic rings. The van der Waals surface area contributed by atoms with Crippen molar-refractivity contribution < 1.29 is 41.1 Å². The Morgan fingerprint density at radius 3 is 2.28 bits per heavy atom. The smallest absolute Gasteiger partial charge is 0.317 e. The number of H-pyrrole nitrogens is 1. The summed E-state index contributed by atoms with van der Waals surface area (Å²) < 4.78 is 65.7. The average molecular weight is 909 g/mol. The van der Waals surface area contributed by atoms with Crippen LogP contribution >= 0.6 is 0 Å². The number of carbonyl (C=O) groups excluding carboxylic acids is 4. The van der Waals surface area contributed by atoms with Crippen molar-refractivity contribution in [2.75, 3.05) is 44.0 Å². The number of likely N-dealkylation sites (tertiary alicyclic amines) is 2. The van der Waals surface area contributed by atoms with E-state index < -0.39 is 50.9 Å². The van der Waals surface area contributed by atoms with Crippen LogP contribution in [0.4, 0.5) is 19.3 Å². The van der Waals surface area contributed by atoms with Crippen molar-refractivity contribution in [2.45, 2.75) is 76.0 Å². The zero-order chi connectivity index (χ0) is 45.2. The van der Waals surface area contributed by atoms with Crippen molar-refractivity contribution in [3.63, 3.8) is 0 Å². The molecular weight excluding hydrogens is 859 g/mol. The highest BCUT2D eigenvalue weighted by Gasteiger charge is 2.32. The van der Waals surface area contributed by atoms with E-state index in [9.17, 15) is 27.6 Å². The first-order valence-electron chi connectivity index (χ1n) is 22.1. The lowest BCUT2D eigenvalue weighted by molar-refractivity contribution is -0.138. The molecule has 1 unspecified atom stereocenters. The molecule has 4 N–H and O–H groups in total. The molecule has 6 heterocycles. The Labute approximate surface area is 375 Å². The number of ether oxygens (including phenoxy) is 1. The van der Waals surface area contributed by atoms with Gasteiger partial charge in [0.1, 0.15) is 17.2 Å². The number of nitrogens with zero attached hydrogens (tertiary/aromatic N) is 4. The van der Waals surface area contributed by atoms with Crippen molar-refractivity contribution in [2.24, 2.45) is 0 Å². The number of fused-ring (bicyclic) bond motifs is 1. The Kier molecular flexibility index (Phi) is 12.7. The zero-order valence-electron chi connectivity index (χ0n) is 35.7. The van der Waals surface area contributed by atoms with Gasteiger partial charge in [-0.15, -0.1) is 0 Å². The first-order chi connectivity index (χ1) is 31.4. The predicted octanol–water partition coefficient (Wildman–Crippen LogP) is 6.23. The lowest BCUT2D eigenvalue weighted by Crippen LogP contribution is -2.50. The number of aromatic nitrogens is 2. The van der Waals surface area contributed by atoms with Crippen molar-refractivity contribution in [3.8, 4) is 16.9 Å². The maximum Gasteiger partial charge on any atom is 0.317 e. The molecule has 4 amide bonds. The number of piperidine rings is 3. The van der Waals surface area contributed by atoms with E-state index in [-0.39, 0.29) is 43.1 Å². The quantitative estimate of drug-likeness (QED) is 0.0833. The van der Waals surface area contributed by atoms with Crippen LogP contribution in [0.2, 0.25) is 0 Å². The minimum atomic E-state index is -4.09. The topological polar surface area (TPSA) is 186 Å². The van der Waals surface area contributed by atoms with Gasteiger partial charge in [-0.1, -0.05) is 36.4 Å². The van der Waals surface area contributed by atoms with Gasteiger partial charge >= 0.3 is 16.2 Å². The number of hydrogen-bond donors (Lipinski definition) is 4. The lowest BCUT2D eigenvalue weighted by Gasteiger charge is -2.36. The fraction of sp³-hybridized carbons (Fsp3) is 0.383. The van der Waals surface area contributed by atoms with E-state index >= 15 is 8.78 Å². The molecule has 4 aliphatic heterocycles. The number of carbonyl (C=O) groups is 4. The summed E-state index contributed by atoms with van der Waals surface area (Å²) in [4.78, 5) is 62.1. The Morgan fingerprint density at radius 2 is 1.57 bits per heavy atom. The van der Waals surface area contributed by atoms with Crippen LogP contribution in [0, 0.1) is 11.6 Å². The molecular formula is C47H50F2N8O7S. The van der Waals surface area contributed by atoms with Crippen LogP contribution in [-0.2, 0) is 26.3 Å². The van der Waals surface area contributed by atoms with Crippen LogP contribution in [-0.4, -0.2) is 108 Å². The molecule has 0 aliphatic carbocycles. The van der Waals surface area contributed by atoms with Gasteiger partial charge in [-0.2, -0.15) is 12.7 Å². The summed E-state index contributed by atoms with van der Waals surface area (Å²) in [5.41, 5.74) is 2.77. The number of imide groups is 1. The number of benzene rings is 3. The second-order valence-electron chi connectivity index (χ2n) is 17.2. The molecule has 18 heteroatoms. The molecule has 0 saturated carbocycles. The number of rotatable bonds is 12. The molecule has 2 aromatic heterocycles. The number of ketones is 1. The van der Waals surface area contributed by atoms with Crippen molar-refractivity contribution in [3.05, 3.63) is 113 Å². The highest BCUT2D eigenvalue weighted by molar-refractivity contribution is 7.90. The van der Waals surface area contributed by atoms with Crippen molar-refractivity contribution in [1.29, 1.82) is 0 Å². The van der Waals surface area contributed by atoms with Crippen LogP contribution < -0.4 is 20.1 Å². The fourth-order valence-corrected chi connectivity index (χ4v) is 10.5. The maximum atomic E-state index is 15.7. The normalized spacial score (nSPS) is 19.4. The predicted molar refractivity (Wildman–Crippen MR) is 238 cm³/mol. The third-order valence-electron chi connectivity index (χ3n) is 12.9. The molecule has 0 bridgehead atoms. The number of anilines is 1. The van der Waals surface area contributed by atoms with Gasteiger partial charge in [0.15, 0.2) is 11.9 Å². The summed E-state index contributed by atoms with van der Waals surface area (Å²) >= 11 is 0. The average Bonchev–Trinajstić information content (AvgIpc) is 4.02. The molecule has 15 nitrogen and oxygen atoms in total. The number of pyridine rings is 1. The largest absolute Gasteiger partial charge is 0.481 e. The van der Waals surface area contributed by atoms with E-state index in [1.165, 1.54) is 16.1 Å². The molecule has 0 spiro atoms. The standard InChI is InChI=1S/C47H50F2N8O7S/c48-38-11-12-39(54-65(62,63)57-19-1-2-20-57)43(49)42(38)44(59)37-27-51-45-36(37)25-33(26-50-45)31-5-3-29(4-6-31)28-55-21-17-34(18-22-55)52-47(61)56-23-15-32(16-24-56)30-7-9-35(10-8-30)64-40-13-14-41(58)53-46(40)60/h3-12,25-27,32,34,40,54H,1-2,13-24,28H2,(H,50,51)(H,52,61)(H,53,58,60). The third-order valence-corrected chi connectivity index (χ3v) is 14.5. The van der Waals surface area contributed by atoms with E-state index in [0.29, 0.717) is 60.6 Å². The molecule has 3 aromatic carbocycles. The minimum absolute atomic E-state index is 0.00659. The van der Waals surface area contributed by atoms with Crippen molar-refractivity contribution >= 4 is 50.6 Å². The number of aromatic amines is 1. The lowest BCUT2D eigenvalue weighted by atomic mass is 9.89. The number of nitrogens with one attached hydrogen (secondary N) is 4. The summed E-state index contributed by atoms with van der Waals surface area (Å²) in [5, 5.41) is 5.93. The molecule has 340 valence electrons. The van der Waals surface area contributed by atoms with Crippen LogP contribution in [0.5, 0.6) is 5.75 Å². The van der Waals surface area contributed by atoms with Gasteiger partial charge in [-0.05, 0) is 91.5 Å². The van der Waals surface area contributed by atoms with Gasteiger partial charge in [-0.25, -0.2) is 18.6 Å². The van der Waals surface area contributed by atoms with Crippen molar-refractivity contribution in [1.82, 2.24) is 34.7 Å². The molecule has 4 fully saturated rings. The van der Waals surface area contributed by atoms with Gasteiger partial charge in [0.05, 0.1) is 11.3 Å². The zero-order valence-corrected chi connectivity index (χ0v) is 36.5. The van der Waals surface area contributed by atoms with E-state index in [4.69, 9.17) is 4.74 Å². The number of amides is 4. The highest BCUT2D eigenvalue weighted by Crippen LogP contribution is 2.32. The Morgan fingerprint density at radius 1 is 0.846 bits per heavy atom. The van der Waals surface area contributed by atoms with Gasteiger partial charge in [0.2, 0.25) is 11.7 Å². The van der Waals surface area contributed by atoms with Crippen LogP contribution in [0.15, 0.2) is 79.1 Å². The van der Waals surface area contributed by atoms with E-state index in [1.54, 1.807) is 12.3 Å². The summed E-state index contributed by atoms with van der Waals surface area (Å²) in [6, 6.07) is 19.4. The van der Waals surface area contributed by atoms with Gasteiger partial charge < -0.3 is 19.9 Å². The van der Waals surface area contributed by atoms with E-state index in [0.717, 1.165) is 68.6 Å². The van der Waals surface area contributed by atoms with E-state index in [1.807, 2.05) is 53.4 Å². The van der Waals surface area contributed by atoms with E-state index in [2.05, 4.69) is 30.2 Å². The fourth-order valence-electron chi connectivity index (χ4n) is 9.20. The molecule has 9 rings (SSSR count). The molecule has 65 heavy (non-hydrogen) atoms. The van der Waals surface area contributed by atoms with Gasteiger partial charge in [0.25, 0.3) is 5.91 Å². The molecule has 1 atom stereocenters. The summed E-state index contributed by atoms with van der Waals surface area (Å²) in [6.07, 6.45) is 7.68. The SMILES string of the molecule is O=C1CCC(Oc2ccc(C3CCN(C(=O)NC4CCN(Cc5ccc(-c6cnc7[nH]cc(C(=O)c8c(F)ccc(NS(=O)(=O)N9CCCC9)c8F)c7c6)cc5)CC4)CC3)cc2)C(=O)N1. The second-order valence-corrected chi connectivity index (χ2v) is 18.9. The number of urea groups is 1. The second kappa shape index (κ2) is 18.7. The van der Waals surface area contributed by atoms with Crippen LogP contribution in [0.25, 0.3) is 22.2 Å². The summed E-state index contributed by atoms with van der Waals surface area (Å²) in [5.74, 6) is -3.14. The van der Waals surface area contributed by atoms with Crippen LogP contribution in [0.3, 0.4) is 0 Å². The summed E-state index contributed by atoms with van der Waals surface area (Å²) in [6.45, 7) is 4.30. The molecule has 0 radical (unpaired) electrons. The maximum absolute atomic E-state index is 15.7. The Bertz CT molecular complexity index is 2710. The third kappa shape index (κ3) is 9.74. The van der Waals surface area contributed by atoms with Gasteiger partial charge in [-0.3, -0.25) is 29.3 Å². The Hall–Kier alpha value is -6.24. The summed E-state index contributed by atoms with van der Waals surface area (Å²) in [7, 11) is -4.09. The molecule has 4 saturated heterocycles. The first kappa shape index (κ1) is 44.0. The number of halogens is 2. The Balaban J connectivity index is 0.750. The molecule has 5 aromatic rings. The van der Waals surface area contributed by atoms with Crippen LogP contribution in [0.1, 0.15) is 84.3 Å². The highest BCUT2D eigenvalue weighted by atomic mass is 32.2. The van der Waals surface area contributed by atoms with Gasteiger partial charge in [0, 0.05) is 93.6 Å². The minimum Gasteiger partial charge on any atom is -0.481 e.